The molecule has 3 fully saturated rings. The maximum Gasteiger partial charge on any atom is 0.313 e. The van der Waals surface area contributed by atoms with Gasteiger partial charge in [-0.1, -0.05) is 24.3 Å². The molecule has 6 atom stereocenters. The highest BCUT2D eigenvalue weighted by atomic mass is 16.6. The summed E-state index contributed by atoms with van der Waals surface area (Å²) in [5.41, 5.74) is -1.32. The molecule has 5 aliphatic heterocycles. The number of esters is 1. The fourth-order valence-corrected chi connectivity index (χ4v) is 6.81. The van der Waals surface area contributed by atoms with Crippen LogP contribution in [0.3, 0.4) is 0 Å². The summed E-state index contributed by atoms with van der Waals surface area (Å²) >= 11 is 0. The molecule has 12 heteroatoms. The zero-order chi connectivity index (χ0) is 29.7. The summed E-state index contributed by atoms with van der Waals surface area (Å²) < 4.78 is 17.9. The van der Waals surface area contributed by atoms with Crippen molar-refractivity contribution >= 4 is 23.7 Å². The number of likely N-dealkylation sites (tertiary alicyclic amines) is 1. The maximum absolute atomic E-state index is 14.3. The van der Waals surface area contributed by atoms with Crippen LogP contribution in [0.2, 0.25) is 0 Å². The van der Waals surface area contributed by atoms with Gasteiger partial charge in [-0.05, 0) is 32.6 Å². The van der Waals surface area contributed by atoms with Crippen molar-refractivity contribution in [2.24, 2.45) is 11.8 Å². The van der Waals surface area contributed by atoms with Crippen molar-refractivity contribution in [3.05, 3.63) is 24.3 Å². The first-order valence-electron chi connectivity index (χ1n) is 15.4. The summed E-state index contributed by atoms with van der Waals surface area (Å²) in [4.78, 5) is 60.1. The Kier molecular flexibility index (Phi) is 9.97. The maximum atomic E-state index is 14.3. The van der Waals surface area contributed by atoms with Crippen LogP contribution in [0.25, 0.3) is 0 Å². The number of allylic oxidation sites excluding steroid dienone is 1. The first kappa shape index (κ1) is 30.7. The molecular weight excluding hydrogens is 544 g/mol. The highest BCUT2D eigenvalue weighted by Gasteiger charge is 2.71. The highest BCUT2D eigenvalue weighted by Crippen LogP contribution is 2.53. The number of hydrogen-bond donors (Lipinski definition) is 2. The van der Waals surface area contributed by atoms with E-state index in [1.54, 1.807) is 28.9 Å². The van der Waals surface area contributed by atoms with Gasteiger partial charge in [-0.3, -0.25) is 24.1 Å². The number of aliphatic hydroxyl groups excluding tert-OH is 1. The van der Waals surface area contributed by atoms with E-state index in [-0.39, 0.29) is 37.3 Å². The molecule has 0 saturated carbocycles. The summed E-state index contributed by atoms with van der Waals surface area (Å²) in [7, 11) is 0. The summed E-state index contributed by atoms with van der Waals surface area (Å²) in [6.45, 7) is 6.79. The fraction of sp³-hybridized carbons (Fsp3) is 0.733. The Morgan fingerprint density at radius 1 is 1.02 bits per heavy atom. The van der Waals surface area contributed by atoms with Crippen molar-refractivity contribution in [2.45, 2.75) is 62.9 Å². The number of nitrogens with one attached hydrogen (secondary N) is 1. The predicted octanol–water partition coefficient (Wildman–Crippen LogP) is -0.142. The minimum atomic E-state index is -1.32. The van der Waals surface area contributed by atoms with Crippen LogP contribution in [0.1, 0.15) is 39.0 Å². The standard InChI is InChI=1S/C30H44N4O8/c1-21-20-31-23(36)9-4-3-8-22-24(29(39)41-21)25-27(37)34(12-5-2-6-17-35)26-28(38)33(11-7-10-30(25,26)42-22)14-13-32-15-18-40-19-16-32/h3,7-8,10,21-22,24-26,35H,2,4-6,9,11-20H2,1H3,(H,31,36)/b8-3-/t21-,22-,24+,25+,26-,30+/m1/s1. The van der Waals surface area contributed by atoms with Crippen LogP contribution >= 0.6 is 0 Å². The smallest absolute Gasteiger partial charge is 0.313 e. The number of amides is 3. The van der Waals surface area contributed by atoms with Gasteiger partial charge in [0.25, 0.3) is 0 Å². The van der Waals surface area contributed by atoms with Gasteiger partial charge in [0.1, 0.15) is 23.7 Å². The van der Waals surface area contributed by atoms with Gasteiger partial charge < -0.3 is 34.4 Å². The van der Waals surface area contributed by atoms with E-state index in [4.69, 9.17) is 14.2 Å². The molecule has 0 aromatic heterocycles. The third-order valence-corrected chi connectivity index (χ3v) is 8.96. The quantitative estimate of drug-likeness (QED) is 0.225. The molecule has 42 heavy (non-hydrogen) atoms. The van der Waals surface area contributed by atoms with E-state index in [0.717, 1.165) is 13.1 Å². The monoisotopic (exact) mass is 588 g/mol. The zero-order valence-electron chi connectivity index (χ0n) is 24.4. The molecule has 3 amide bonds. The lowest BCUT2D eigenvalue weighted by Gasteiger charge is -2.36. The van der Waals surface area contributed by atoms with E-state index >= 15 is 0 Å². The second-order valence-corrected chi connectivity index (χ2v) is 11.8. The number of rotatable bonds is 8. The molecule has 0 aliphatic carbocycles. The minimum Gasteiger partial charge on any atom is -0.460 e. The fourth-order valence-electron chi connectivity index (χ4n) is 6.81. The molecule has 5 aliphatic rings. The van der Waals surface area contributed by atoms with Gasteiger partial charge >= 0.3 is 5.97 Å². The molecule has 3 saturated heterocycles. The van der Waals surface area contributed by atoms with Crippen LogP contribution in [-0.2, 0) is 33.4 Å². The SMILES string of the molecule is C[C@@H]1CNC(=O)CC/C=C\[C@H]2O[C@]34C=CCN(CCN5CCOCC5)C(=O)[C@H]3N(CCCCCO)C(=O)[C@@H]4[C@H]2C(=O)O1. The van der Waals surface area contributed by atoms with Gasteiger partial charge in [0.15, 0.2) is 0 Å². The van der Waals surface area contributed by atoms with Crippen LogP contribution in [0.5, 0.6) is 0 Å². The zero-order valence-corrected chi connectivity index (χ0v) is 24.4. The van der Waals surface area contributed by atoms with Crippen molar-refractivity contribution in [1.82, 2.24) is 20.0 Å². The van der Waals surface area contributed by atoms with Gasteiger partial charge in [0, 0.05) is 52.3 Å². The summed E-state index contributed by atoms with van der Waals surface area (Å²) in [6, 6.07) is -0.919. The van der Waals surface area contributed by atoms with Crippen molar-refractivity contribution in [3.63, 3.8) is 0 Å². The van der Waals surface area contributed by atoms with E-state index in [9.17, 15) is 24.3 Å². The largest absolute Gasteiger partial charge is 0.460 e. The Morgan fingerprint density at radius 3 is 2.62 bits per heavy atom. The Balaban J connectivity index is 1.46. The topological polar surface area (TPSA) is 138 Å². The number of cyclic esters (lactones) is 1. The molecule has 232 valence electrons. The molecule has 5 rings (SSSR count). The van der Waals surface area contributed by atoms with E-state index in [2.05, 4.69) is 10.2 Å². The number of carbonyl (C=O) groups is 4. The second kappa shape index (κ2) is 13.7. The Labute approximate surface area is 247 Å². The average Bonchev–Trinajstić information content (AvgIpc) is 3.36. The molecule has 0 unspecified atom stereocenters. The first-order chi connectivity index (χ1) is 20.4. The molecule has 5 heterocycles. The Morgan fingerprint density at radius 2 is 1.83 bits per heavy atom. The highest BCUT2D eigenvalue weighted by molar-refractivity contribution is 5.99. The lowest BCUT2D eigenvalue weighted by atomic mass is 9.78. The molecular formula is C30H44N4O8. The number of carbonyl (C=O) groups excluding carboxylic acids is 4. The van der Waals surface area contributed by atoms with Crippen molar-refractivity contribution in [3.8, 4) is 0 Å². The lowest BCUT2D eigenvalue weighted by Crippen LogP contribution is -2.56. The summed E-state index contributed by atoms with van der Waals surface area (Å²) in [6.07, 6.45) is 8.56. The van der Waals surface area contributed by atoms with Gasteiger partial charge in [0.2, 0.25) is 17.7 Å². The van der Waals surface area contributed by atoms with E-state index in [0.29, 0.717) is 65.1 Å². The van der Waals surface area contributed by atoms with Crippen LogP contribution in [0, 0.1) is 11.8 Å². The lowest BCUT2D eigenvalue weighted by molar-refractivity contribution is -0.158. The number of morpholine rings is 1. The normalized spacial score (nSPS) is 35.0. The van der Waals surface area contributed by atoms with Gasteiger partial charge in [-0.15, -0.1) is 0 Å². The van der Waals surface area contributed by atoms with Crippen molar-refractivity contribution in [2.75, 3.05) is 65.6 Å². The van der Waals surface area contributed by atoms with Crippen LogP contribution in [0.15, 0.2) is 24.3 Å². The average molecular weight is 589 g/mol. The predicted molar refractivity (Wildman–Crippen MR) is 151 cm³/mol. The van der Waals surface area contributed by atoms with Gasteiger partial charge in [-0.2, -0.15) is 0 Å². The van der Waals surface area contributed by atoms with Crippen LogP contribution in [0.4, 0.5) is 0 Å². The summed E-state index contributed by atoms with van der Waals surface area (Å²) in [5, 5.41) is 12.0. The number of fused-ring (bicyclic) bond motifs is 2. The van der Waals surface area contributed by atoms with Crippen LogP contribution < -0.4 is 5.32 Å². The number of unbranched alkanes of at least 4 members (excludes halogenated alkanes) is 2. The number of hydrogen-bond acceptors (Lipinski definition) is 9. The number of ether oxygens (including phenoxy) is 3. The van der Waals surface area contributed by atoms with E-state index < -0.39 is 41.7 Å². The molecule has 0 aromatic carbocycles. The molecule has 12 nitrogen and oxygen atoms in total. The summed E-state index contributed by atoms with van der Waals surface area (Å²) in [5.74, 6) is -3.05. The first-order valence-corrected chi connectivity index (χ1v) is 15.4. The molecule has 1 spiro atoms. The molecule has 0 radical (unpaired) electrons. The minimum absolute atomic E-state index is 0.0601. The number of nitrogens with zero attached hydrogens (tertiary/aromatic N) is 3. The second-order valence-electron chi connectivity index (χ2n) is 11.8. The van der Waals surface area contributed by atoms with Gasteiger partial charge in [0.05, 0.1) is 31.8 Å². The Hall–Kier alpha value is -2.80. The third-order valence-electron chi connectivity index (χ3n) is 8.96. The van der Waals surface area contributed by atoms with Crippen LogP contribution in [-0.4, -0.2) is 133 Å². The van der Waals surface area contributed by atoms with E-state index in [1.807, 2.05) is 12.2 Å². The molecule has 0 bridgehead atoms. The number of aliphatic hydroxyl groups is 1. The molecule has 0 aromatic rings. The van der Waals surface area contributed by atoms with Crippen molar-refractivity contribution < 1.29 is 38.5 Å². The van der Waals surface area contributed by atoms with Crippen molar-refractivity contribution in [1.29, 1.82) is 0 Å². The van der Waals surface area contributed by atoms with E-state index in [1.165, 1.54) is 0 Å². The Bertz CT molecular complexity index is 1080. The molecule has 2 N–H and O–H groups in total. The van der Waals surface area contributed by atoms with Gasteiger partial charge in [-0.25, -0.2) is 0 Å². The third kappa shape index (κ3) is 6.27.